The third kappa shape index (κ3) is 1.50. The molecule has 1 aliphatic carbocycles. The molecule has 1 aromatic rings. The molecule has 0 spiro atoms. The highest BCUT2D eigenvalue weighted by atomic mass is 35.5. The Balaban J connectivity index is 1.79. The average molecular weight is 247 g/mol. The lowest BCUT2D eigenvalue weighted by Gasteiger charge is -2.39. The average Bonchev–Trinajstić information content (AvgIpc) is 2.70. The largest absolute Gasteiger partial charge is 0.353 e. The Morgan fingerprint density at radius 2 is 2.24 bits per heavy atom. The van der Waals surface area contributed by atoms with Gasteiger partial charge in [-0.05, 0) is 42.9 Å². The van der Waals surface area contributed by atoms with Crippen LogP contribution in [0.3, 0.4) is 0 Å². The number of amidine groups is 1. The number of rotatable bonds is 0. The molecule has 3 heteroatoms. The second-order valence-electron chi connectivity index (χ2n) is 5.47. The van der Waals surface area contributed by atoms with Crippen molar-refractivity contribution < 1.29 is 0 Å². The van der Waals surface area contributed by atoms with Crippen LogP contribution in [0.15, 0.2) is 23.2 Å². The van der Waals surface area contributed by atoms with Gasteiger partial charge in [0, 0.05) is 24.0 Å². The van der Waals surface area contributed by atoms with Crippen molar-refractivity contribution in [3.05, 3.63) is 28.8 Å². The first-order chi connectivity index (χ1) is 8.29. The number of halogens is 1. The second-order valence-corrected chi connectivity index (χ2v) is 5.90. The lowest BCUT2D eigenvalue weighted by atomic mass is 9.96. The number of hydrogen-bond donors (Lipinski definition) is 0. The molecule has 4 rings (SSSR count). The predicted molar refractivity (Wildman–Crippen MR) is 69.8 cm³/mol. The van der Waals surface area contributed by atoms with Gasteiger partial charge in [0.2, 0.25) is 0 Å². The van der Waals surface area contributed by atoms with E-state index in [1.165, 1.54) is 37.1 Å². The molecule has 0 aromatic heterocycles. The van der Waals surface area contributed by atoms with Crippen molar-refractivity contribution in [3.63, 3.8) is 0 Å². The minimum absolute atomic E-state index is 0.747. The summed E-state index contributed by atoms with van der Waals surface area (Å²) in [6.45, 7) is 1.03. The van der Waals surface area contributed by atoms with Crippen LogP contribution in [0.4, 0.5) is 5.69 Å². The third-order valence-corrected chi connectivity index (χ3v) is 4.63. The van der Waals surface area contributed by atoms with Crippen molar-refractivity contribution in [1.82, 2.24) is 4.90 Å². The van der Waals surface area contributed by atoms with Crippen molar-refractivity contribution in [2.75, 3.05) is 0 Å². The molecule has 0 radical (unpaired) electrons. The van der Waals surface area contributed by atoms with E-state index >= 15 is 0 Å². The predicted octanol–water partition coefficient (Wildman–Crippen LogP) is 3.76. The molecular weight excluding hydrogens is 232 g/mol. The molecule has 88 valence electrons. The number of fused-ring (bicyclic) bond motifs is 5. The Kier molecular flexibility index (Phi) is 2.04. The molecule has 0 amide bonds. The molecule has 1 aromatic carbocycles. The molecule has 0 N–H and O–H groups in total. The van der Waals surface area contributed by atoms with Crippen molar-refractivity contribution in [3.8, 4) is 0 Å². The van der Waals surface area contributed by atoms with Crippen LogP contribution in [0.5, 0.6) is 0 Å². The van der Waals surface area contributed by atoms with E-state index in [1.807, 2.05) is 12.1 Å². The van der Waals surface area contributed by atoms with E-state index in [2.05, 4.69) is 11.0 Å². The van der Waals surface area contributed by atoms with Crippen molar-refractivity contribution in [2.24, 2.45) is 10.9 Å². The summed E-state index contributed by atoms with van der Waals surface area (Å²) in [6.07, 6.45) is 5.29. The van der Waals surface area contributed by atoms with E-state index in [0.717, 1.165) is 29.2 Å². The van der Waals surface area contributed by atoms with Crippen molar-refractivity contribution >= 4 is 23.1 Å². The zero-order valence-corrected chi connectivity index (χ0v) is 10.5. The Bertz CT molecular complexity index is 509. The minimum Gasteiger partial charge on any atom is -0.353 e. The normalized spacial score (nSPS) is 29.7. The topological polar surface area (TPSA) is 15.6 Å². The van der Waals surface area contributed by atoms with Crippen molar-refractivity contribution in [1.29, 1.82) is 0 Å². The second kappa shape index (κ2) is 3.49. The number of aliphatic imine (C=N–C) groups is 1. The molecule has 2 aliphatic heterocycles. The molecule has 1 saturated carbocycles. The minimum atomic E-state index is 0.747. The maximum atomic E-state index is 6.04. The first-order valence-electron chi connectivity index (χ1n) is 6.42. The summed E-state index contributed by atoms with van der Waals surface area (Å²) in [5.74, 6) is 2.19. The number of piperidine rings is 1. The fourth-order valence-electron chi connectivity index (χ4n) is 3.53. The summed E-state index contributed by atoms with van der Waals surface area (Å²) in [7, 11) is 0. The van der Waals surface area contributed by atoms with Crippen molar-refractivity contribution in [2.45, 2.75) is 38.3 Å². The van der Waals surface area contributed by atoms with E-state index in [0.29, 0.717) is 0 Å². The molecule has 2 unspecified atom stereocenters. The molecule has 2 nitrogen and oxygen atoms in total. The fraction of sp³-hybridized carbons (Fsp3) is 0.500. The van der Waals surface area contributed by atoms with Crippen LogP contribution < -0.4 is 0 Å². The van der Waals surface area contributed by atoms with Gasteiger partial charge in [-0.3, -0.25) is 0 Å². The van der Waals surface area contributed by atoms with Gasteiger partial charge in [0.1, 0.15) is 5.84 Å². The van der Waals surface area contributed by atoms with E-state index < -0.39 is 0 Å². The molecule has 2 bridgehead atoms. The lowest BCUT2D eigenvalue weighted by molar-refractivity contribution is 0.266. The molecule has 2 fully saturated rings. The van der Waals surface area contributed by atoms with Crippen LogP contribution in [-0.4, -0.2) is 16.8 Å². The van der Waals surface area contributed by atoms with Gasteiger partial charge in [0.15, 0.2) is 0 Å². The highest BCUT2D eigenvalue weighted by Gasteiger charge is 2.38. The van der Waals surface area contributed by atoms with Gasteiger partial charge in [-0.15, -0.1) is 0 Å². The van der Waals surface area contributed by atoms with E-state index in [-0.39, 0.29) is 0 Å². The van der Waals surface area contributed by atoms with Gasteiger partial charge in [-0.25, -0.2) is 4.99 Å². The van der Waals surface area contributed by atoms with Gasteiger partial charge in [-0.1, -0.05) is 17.7 Å². The molecule has 17 heavy (non-hydrogen) atoms. The molecule has 2 atom stereocenters. The maximum Gasteiger partial charge on any atom is 0.106 e. The summed E-state index contributed by atoms with van der Waals surface area (Å²) in [5.41, 5.74) is 2.41. The summed E-state index contributed by atoms with van der Waals surface area (Å²) in [4.78, 5) is 7.35. The molecular formula is C14H15ClN2. The maximum absolute atomic E-state index is 6.04. The third-order valence-electron chi connectivity index (χ3n) is 4.39. The first kappa shape index (κ1) is 9.95. The lowest BCUT2D eigenvalue weighted by Crippen LogP contribution is -2.43. The van der Waals surface area contributed by atoms with Gasteiger partial charge < -0.3 is 4.90 Å². The highest BCUT2D eigenvalue weighted by molar-refractivity contribution is 6.30. The van der Waals surface area contributed by atoms with Crippen LogP contribution in [0.1, 0.15) is 31.2 Å². The van der Waals surface area contributed by atoms with Crippen LogP contribution in [0.2, 0.25) is 5.02 Å². The quantitative estimate of drug-likeness (QED) is 0.681. The summed E-state index contributed by atoms with van der Waals surface area (Å²) >= 11 is 6.04. The SMILES string of the molecule is Clc1ccc2c(c1)N=C1CC3CCC(C3)N1C2. The van der Waals surface area contributed by atoms with Crippen LogP contribution in [-0.2, 0) is 6.54 Å². The molecule has 1 saturated heterocycles. The van der Waals surface area contributed by atoms with Crippen LogP contribution in [0, 0.1) is 5.92 Å². The number of benzene rings is 1. The Morgan fingerprint density at radius 3 is 3.18 bits per heavy atom. The van der Waals surface area contributed by atoms with E-state index in [1.54, 1.807) is 0 Å². The Hall–Kier alpha value is -1.02. The number of hydrogen-bond acceptors (Lipinski definition) is 2. The highest BCUT2D eigenvalue weighted by Crippen LogP contribution is 2.42. The smallest absolute Gasteiger partial charge is 0.106 e. The first-order valence-corrected chi connectivity index (χ1v) is 6.80. The summed E-state index contributed by atoms with van der Waals surface area (Å²) < 4.78 is 0. The van der Waals surface area contributed by atoms with Crippen LogP contribution in [0.25, 0.3) is 0 Å². The van der Waals surface area contributed by atoms with Crippen LogP contribution >= 0.6 is 11.6 Å². The zero-order chi connectivity index (χ0) is 11.4. The summed E-state index contributed by atoms with van der Waals surface area (Å²) in [5, 5.41) is 0.792. The standard InChI is InChI=1S/C14H15ClN2/c15-11-3-2-10-8-17-12-4-1-9(5-12)6-14(17)16-13(10)7-11/h2-3,7,9,12H,1,4-6,8H2. The van der Waals surface area contributed by atoms with Gasteiger partial charge in [0.05, 0.1) is 5.69 Å². The van der Waals surface area contributed by atoms with E-state index in [4.69, 9.17) is 16.6 Å². The monoisotopic (exact) mass is 246 g/mol. The molecule has 3 aliphatic rings. The van der Waals surface area contributed by atoms with Gasteiger partial charge >= 0.3 is 0 Å². The molecule has 2 heterocycles. The number of nitrogens with zero attached hydrogens (tertiary/aromatic N) is 2. The van der Waals surface area contributed by atoms with Gasteiger partial charge in [0.25, 0.3) is 0 Å². The Labute approximate surface area is 106 Å². The van der Waals surface area contributed by atoms with E-state index in [9.17, 15) is 0 Å². The fourth-order valence-corrected chi connectivity index (χ4v) is 3.70. The summed E-state index contributed by atoms with van der Waals surface area (Å²) in [6, 6.07) is 6.84. The Morgan fingerprint density at radius 1 is 1.29 bits per heavy atom. The zero-order valence-electron chi connectivity index (χ0n) is 9.69. The van der Waals surface area contributed by atoms with Gasteiger partial charge in [-0.2, -0.15) is 0 Å².